The number of piperidine rings is 1. The SMILES string of the molecule is CN(C[C@H]1CN(C(=O)C2CCN(C(=O)C3(C)CC3)CC2)C[C@@H]1c1ccc(F)cc1)c1ccc(C(F)(F)F)cn1. The molecule has 0 unspecified atom stereocenters. The molecule has 3 heterocycles. The Bertz CT molecular complexity index is 1190. The maximum absolute atomic E-state index is 13.6. The van der Waals surface area contributed by atoms with Gasteiger partial charge in [0, 0.05) is 69.1 Å². The molecule has 0 radical (unpaired) electrons. The maximum Gasteiger partial charge on any atom is 0.417 e. The van der Waals surface area contributed by atoms with Crippen LogP contribution in [0.2, 0.25) is 0 Å². The average molecular weight is 547 g/mol. The van der Waals surface area contributed by atoms with Crippen LogP contribution in [-0.2, 0) is 15.8 Å². The van der Waals surface area contributed by atoms with Crippen LogP contribution in [0.15, 0.2) is 42.6 Å². The highest BCUT2D eigenvalue weighted by Crippen LogP contribution is 2.47. The van der Waals surface area contributed by atoms with Crippen LogP contribution in [0.5, 0.6) is 0 Å². The number of pyridine rings is 1. The summed E-state index contributed by atoms with van der Waals surface area (Å²) in [7, 11) is 1.77. The quantitative estimate of drug-likeness (QED) is 0.481. The van der Waals surface area contributed by atoms with E-state index in [9.17, 15) is 27.2 Å². The van der Waals surface area contributed by atoms with E-state index in [2.05, 4.69) is 4.98 Å². The number of benzene rings is 1. The highest BCUT2D eigenvalue weighted by atomic mass is 19.4. The number of rotatable bonds is 6. The Morgan fingerprint density at radius 2 is 1.69 bits per heavy atom. The zero-order valence-corrected chi connectivity index (χ0v) is 22.3. The number of aromatic nitrogens is 1. The first-order valence-electron chi connectivity index (χ1n) is 13.5. The molecule has 2 aromatic rings. The molecule has 39 heavy (non-hydrogen) atoms. The van der Waals surface area contributed by atoms with E-state index in [0.29, 0.717) is 51.4 Å². The third-order valence-corrected chi connectivity index (χ3v) is 8.67. The summed E-state index contributed by atoms with van der Waals surface area (Å²) in [5.41, 5.74) is -0.0981. The first-order valence-corrected chi connectivity index (χ1v) is 13.5. The van der Waals surface area contributed by atoms with Gasteiger partial charge >= 0.3 is 6.18 Å². The van der Waals surface area contributed by atoms with E-state index in [4.69, 9.17) is 0 Å². The average Bonchev–Trinajstić information content (AvgIpc) is 3.54. The van der Waals surface area contributed by atoms with Crippen molar-refractivity contribution in [1.29, 1.82) is 0 Å². The highest BCUT2D eigenvalue weighted by molar-refractivity contribution is 5.85. The number of anilines is 1. The minimum Gasteiger partial charge on any atom is -0.359 e. The zero-order chi connectivity index (χ0) is 27.9. The molecule has 2 saturated heterocycles. The molecule has 2 atom stereocenters. The monoisotopic (exact) mass is 546 g/mol. The first-order chi connectivity index (χ1) is 18.4. The summed E-state index contributed by atoms with van der Waals surface area (Å²) in [5, 5.41) is 0. The van der Waals surface area contributed by atoms with Crippen LogP contribution in [0.4, 0.5) is 23.4 Å². The van der Waals surface area contributed by atoms with Gasteiger partial charge in [-0.15, -0.1) is 0 Å². The van der Waals surface area contributed by atoms with Crippen molar-refractivity contribution in [3.63, 3.8) is 0 Å². The Morgan fingerprint density at radius 3 is 2.26 bits per heavy atom. The fourth-order valence-corrected chi connectivity index (χ4v) is 5.92. The molecule has 3 fully saturated rings. The first kappa shape index (κ1) is 27.4. The van der Waals surface area contributed by atoms with Gasteiger partial charge in [0.1, 0.15) is 11.6 Å². The number of likely N-dealkylation sites (tertiary alicyclic amines) is 2. The molecular weight excluding hydrogens is 512 g/mol. The largest absolute Gasteiger partial charge is 0.417 e. The predicted octanol–water partition coefficient (Wildman–Crippen LogP) is 4.96. The van der Waals surface area contributed by atoms with E-state index in [0.717, 1.165) is 30.7 Å². The molecule has 6 nitrogen and oxygen atoms in total. The van der Waals surface area contributed by atoms with E-state index in [1.165, 1.54) is 18.2 Å². The fraction of sp³-hybridized carbons (Fsp3) is 0.552. The molecule has 0 spiro atoms. The molecular formula is C29H34F4N4O2. The standard InChI is InChI=1S/C29H34F4N4O2/c1-28(11-12-28)27(39)36-13-9-20(10-14-36)26(38)37-17-21(24(18-37)19-3-6-23(30)7-4-19)16-35(2)25-8-5-22(15-34-25)29(31,32)33/h3-8,15,20-21,24H,9-14,16-18H2,1-2H3/t21-,24+/m0/s1. The van der Waals surface area contributed by atoms with Crippen molar-refractivity contribution in [2.24, 2.45) is 17.3 Å². The Labute approximate surface area is 226 Å². The lowest BCUT2D eigenvalue weighted by Gasteiger charge is -2.34. The number of hydrogen-bond acceptors (Lipinski definition) is 4. The second kappa shape index (κ2) is 10.4. The summed E-state index contributed by atoms with van der Waals surface area (Å²) in [5.74, 6) is 0.118. The van der Waals surface area contributed by atoms with E-state index in [1.54, 1.807) is 24.1 Å². The van der Waals surface area contributed by atoms with Gasteiger partial charge in [-0.2, -0.15) is 13.2 Å². The van der Waals surface area contributed by atoms with E-state index in [-0.39, 0.29) is 40.8 Å². The van der Waals surface area contributed by atoms with Gasteiger partial charge in [0.25, 0.3) is 0 Å². The van der Waals surface area contributed by atoms with Crippen LogP contribution in [0.3, 0.4) is 0 Å². The van der Waals surface area contributed by atoms with Gasteiger partial charge in [0.15, 0.2) is 0 Å². The molecule has 1 aliphatic carbocycles. The van der Waals surface area contributed by atoms with Crippen LogP contribution in [0.25, 0.3) is 0 Å². The van der Waals surface area contributed by atoms with E-state index in [1.807, 2.05) is 16.7 Å². The summed E-state index contributed by atoms with van der Waals surface area (Å²) in [4.78, 5) is 35.9. The molecule has 3 aliphatic rings. The third kappa shape index (κ3) is 5.89. The van der Waals surface area contributed by atoms with Gasteiger partial charge in [-0.3, -0.25) is 9.59 Å². The molecule has 0 bridgehead atoms. The number of nitrogens with zero attached hydrogens (tertiary/aromatic N) is 4. The second-order valence-electron chi connectivity index (χ2n) is 11.6. The van der Waals surface area contributed by atoms with Crippen molar-refractivity contribution in [2.45, 2.75) is 44.7 Å². The summed E-state index contributed by atoms with van der Waals surface area (Å²) in [6, 6.07) is 8.65. The van der Waals surface area contributed by atoms with Crippen LogP contribution < -0.4 is 4.90 Å². The maximum atomic E-state index is 13.6. The molecule has 2 aliphatic heterocycles. The molecule has 10 heteroatoms. The van der Waals surface area contributed by atoms with Crippen molar-refractivity contribution in [3.05, 3.63) is 59.5 Å². The number of halogens is 4. The lowest BCUT2D eigenvalue weighted by Crippen LogP contribution is -2.46. The second-order valence-corrected chi connectivity index (χ2v) is 11.6. The zero-order valence-electron chi connectivity index (χ0n) is 22.3. The summed E-state index contributed by atoms with van der Waals surface area (Å²) < 4.78 is 52.5. The minimum absolute atomic E-state index is 0.0232. The Hall–Kier alpha value is -3.17. The Morgan fingerprint density at radius 1 is 1.03 bits per heavy atom. The van der Waals surface area contributed by atoms with Crippen molar-refractivity contribution >= 4 is 17.6 Å². The molecule has 210 valence electrons. The fourth-order valence-electron chi connectivity index (χ4n) is 5.92. The van der Waals surface area contributed by atoms with Crippen LogP contribution in [0, 0.1) is 23.1 Å². The number of carbonyl (C=O) groups excluding carboxylic acids is 2. The van der Waals surface area contributed by atoms with Gasteiger partial charge < -0.3 is 14.7 Å². The molecule has 2 amide bonds. The lowest BCUT2D eigenvalue weighted by atomic mass is 9.88. The number of alkyl halides is 3. The summed E-state index contributed by atoms with van der Waals surface area (Å²) in [6.07, 6.45) is -0.489. The normalized spacial score (nSPS) is 23.1. The number of hydrogen-bond donors (Lipinski definition) is 0. The van der Waals surface area contributed by atoms with Gasteiger partial charge in [-0.05, 0) is 55.5 Å². The lowest BCUT2D eigenvalue weighted by molar-refractivity contribution is -0.142. The topological polar surface area (TPSA) is 56.8 Å². The van der Waals surface area contributed by atoms with Gasteiger partial charge in [0.05, 0.1) is 5.56 Å². The molecule has 0 N–H and O–H groups in total. The van der Waals surface area contributed by atoms with Gasteiger partial charge in [-0.25, -0.2) is 9.37 Å². The van der Waals surface area contributed by atoms with Crippen molar-refractivity contribution in [1.82, 2.24) is 14.8 Å². The van der Waals surface area contributed by atoms with E-state index < -0.39 is 11.7 Å². The highest BCUT2D eigenvalue weighted by Gasteiger charge is 2.48. The minimum atomic E-state index is -4.45. The van der Waals surface area contributed by atoms with Gasteiger partial charge in [0.2, 0.25) is 11.8 Å². The molecule has 5 rings (SSSR count). The third-order valence-electron chi connectivity index (χ3n) is 8.67. The molecule has 1 aromatic carbocycles. The summed E-state index contributed by atoms with van der Waals surface area (Å²) in [6.45, 7) is 4.63. The Balaban J connectivity index is 1.27. The molecule has 1 aromatic heterocycles. The van der Waals surface area contributed by atoms with Gasteiger partial charge in [-0.1, -0.05) is 19.1 Å². The van der Waals surface area contributed by atoms with Crippen LogP contribution >= 0.6 is 0 Å². The smallest absolute Gasteiger partial charge is 0.359 e. The number of amides is 2. The van der Waals surface area contributed by atoms with Crippen LogP contribution in [0.1, 0.15) is 49.7 Å². The summed E-state index contributed by atoms with van der Waals surface area (Å²) >= 11 is 0. The van der Waals surface area contributed by atoms with Crippen LogP contribution in [-0.4, -0.2) is 66.4 Å². The Kier molecular flexibility index (Phi) is 7.33. The number of carbonyl (C=O) groups is 2. The predicted molar refractivity (Wildman–Crippen MR) is 138 cm³/mol. The molecule has 1 saturated carbocycles. The van der Waals surface area contributed by atoms with Crippen molar-refractivity contribution in [3.8, 4) is 0 Å². The van der Waals surface area contributed by atoms with E-state index >= 15 is 0 Å². The van der Waals surface area contributed by atoms with Crippen molar-refractivity contribution < 1.29 is 27.2 Å². The van der Waals surface area contributed by atoms with Crippen molar-refractivity contribution in [2.75, 3.05) is 44.7 Å².